The van der Waals surface area contributed by atoms with Crippen LogP contribution in [-0.4, -0.2) is 65.1 Å². The fraction of sp³-hybridized carbons (Fsp3) is 0.706. The smallest absolute Gasteiger partial charge is 0.410 e. The molecular formula is C17H31IN6O2. The molecule has 1 aromatic rings. The molecule has 2 N–H and O–H groups in total. The Bertz CT molecular complexity index is 605. The molecule has 0 spiro atoms. The highest BCUT2D eigenvalue weighted by Crippen LogP contribution is 2.15. The van der Waals surface area contributed by atoms with Crippen molar-refractivity contribution >= 4 is 36.0 Å². The molecule has 0 unspecified atom stereocenters. The molecule has 9 heteroatoms. The first-order valence-corrected chi connectivity index (χ1v) is 8.71. The van der Waals surface area contributed by atoms with Gasteiger partial charge in [0.05, 0.1) is 12.2 Å². The van der Waals surface area contributed by atoms with E-state index in [2.05, 4.69) is 20.7 Å². The lowest BCUT2D eigenvalue weighted by Crippen LogP contribution is -2.63. The van der Waals surface area contributed by atoms with Gasteiger partial charge in [-0.25, -0.2) is 4.79 Å². The van der Waals surface area contributed by atoms with Crippen LogP contribution < -0.4 is 10.6 Å². The van der Waals surface area contributed by atoms with Crippen molar-refractivity contribution in [3.63, 3.8) is 0 Å². The zero-order chi connectivity index (χ0) is 18.4. The van der Waals surface area contributed by atoms with E-state index < -0.39 is 5.60 Å². The number of rotatable bonds is 5. The van der Waals surface area contributed by atoms with E-state index >= 15 is 0 Å². The zero-order valence-corrected chi connectivity index (χ0v) is 18.6. The van der Waals surface area contributed by atoms with Crippen molar-refractivity contribution in [3.8, 4) is 0 Å². The van der Waals surface area contributed by atoms with Gasteiger partial charge >= 0.3 is 6.09 Å². The summed E-state index contributed by atoms with van der Waals surface area (Å²) in [6.45, 7) is 10.6. The molecule has 0 saturated carbocycles. The van der Waals surface area contributed by atoms with E-state index in [1.807, 2.05) is 44.8 Å². The average molecular weight is 478 g/mol. The molecule has 1 fully saturated rings. The minimum Gasteiger partial charge on any atom is -0.444 e. The maximum absolute atomic E-state index is 11.9. The normalized spacial score (nSPS) is 15.1. The zero-order valence-electron chi connectivity index (χ0n) is 16.3. The van der Waals surface area contributed by atoms with Gasteiger partial charge in [-0.3, -0.25) is 9.67 Å². The van der Waals surface area contributed by atoms with Crippen LogP contribution in [0.2, 0.25) is 0 Å². The molecule has 0 radical (unpaired) electrons. The van der Waals surface area contributed by atoms with E-state index in [9.17, 15) is 4.79 Å². The Kier molecular flexibility index (Phi) is 8.65. The number of hydrogen-bond donors (Lipinski definition) is 2. The van der Waals surface area contributed by atoms with Crippen molar-refractivity contribution in [2.45, 2.75) is 52.3 Å². The maximum atomic E-state index is 11.9. The second-order valence-electron chi connectivity index (χ2n) is 7.36. The summed E-state index contributed by atoms with van der Waals surface area (Å²) in [5.41, 5.74) is 0.713. The van der Waals surface area contributed by atoms with Crippen molar-refractivity contribution in [2.75, 3.05) is 26.7 Å². The monoisotopic (exact) mass is 478 g/mol. The summed E-state index contributed by atoms with van der Waals surface area (Å²) >= 11 is 0. The second kappa shape index (κ2) is 9.98. The molecule has 0 aromatic carbocycles. The van der Waals surface area contributed by atoms with Gasteiger partial charge in [-0.2, -0.15) is 5.10 Å². The molecule has 26 heavy (non-hydrogen) atoms. The van der Waals surface area contributed by atoms with E-state index in [1.54, 1.807) is 11.9 Å². The SMILES string of the molecule is CN=C(NCCCn1cc(C)cn1)NC1CN(C(=O)OC(C)(C)C)C1.I. The van der Waals surface area contributed by atoms with E-state index in [0.717, 1.165) is 25.5 Å². The van der Waals surface area contributed by atoms with Gasteiger partial charge < -0.3 is 20.3 Å². The highest BCUT2D eigenvalue weighted by Gasteiger charge is 2.34. The van der Waals surface area contributed by atoms with Crippen LogP contribution in [0.5, 0.6) is 0 Å². The summed E-state index contributed by atoms with van der Waals surface area (Å²) in [7, 11) is 1.75. The molecular weight excluding hydrogens is 447 g/mol. The van der Waals surface area contributed by atoms with Crippen molar-refractivity contribution in [1.82, 2.24) is 25.3 Å². The quantitative estimate of drug-likeness (QED) is 0.293. The number of amides is 1. The molecule has 1 amide bonds. The van der Waals surface area contributed by atoms with Crippen LogP contribution in [-0.2, 0) is 11.3 Å². The molecule has 0 bridgehead atoms. The minimum atomic E-state index is -0.458. The Morgan fingerprint density at radius 2 is 2.12 bits per heavy atom. The van der Waals surface area contributed by atoms with E-state index in [4.69, 9.17) is 4.74 Å². The highest BCUT2D eigenvalue weighted by atomic mass is 127. The number of hydrogen-bond acceptors (Lipinski definition) is 4. The fourth-order valence-corrected chi connectivity index (χ4v) is 2.47. The number of guanidine groups is 1. The summed E-state index contributed by atoms with van der Waals surface area (Å²) in [5.74, 6) is 0.755. The Labute approximate surface area is 172 Å². The molecule has 1 aliphatic rings. The Morgan fingerprint density at radius 1 is 1.42 bits per heavy atom. The number of carbonyl (C=O) groups excluding carboxylic acids is 1. The van der Waals surface area contributed by atoms with E-state index in [-0.39, 0.29) is 36.1 Å². The van der Waals surface area contributed by atoms with Crippen molar-refractivity contribution in [3.05, 3.63) is 18.0 Å². The number of halogens is 1. The number of nitrogens with one attached hydrogen (secondary N) is 2. The second-order valence-corrected chi connectivity index (χ2v) is 7.36. The van der Waals surface area contributed by atoms with Gasteiger partial charge in [-0.05, 0) is 39.7 Å². The summed E-state index contributed by atoms with van der Waals surface area (Å²) in [6.07, 6.45) is 4.59. The summed E-state index contributed by atoms with van der Waals surface area (Å²) < 4.78 is 7.29. The average Bonchev–Trinajstić information content (AvgIpc) is 2.88. The predicted octanol–water partition coefficient (Wildman–Crippen LogP) is 1.98. The van der Waals surface area contributed by atoms with Gasteiger partial charge in [-0.1, -0.05) is 0 Å². The van der Waals surface area contributed by atoms with Crippen LogP contribution in [0.3, 0.4) is 0 Å². The maximum Gasteiger partial charge on any atom is 0.410 e. The number of aryl methyl sites for hydroxylation is 2. The summed E-state index contributed by atoms with van der Waals surface area (Å²) in [4.78, 5) is 17.8. The van der Waals surface area contributed by atoms with E-state index in [0.29, 0.717) is 13.1 Å². The molecule has 0 atom stereocenters. The third-order valence-corrected chi connectivity index (χ3v) is 3.72. The van der Waals surface area contributed by atoms with Crippen LogP contribution >= 0.6 is 24.0 Å². The van der Waals surface area contributed by atoms with Crippen molar-refractivity contribution in [1.29, 1.82) is 0 Å². The number of nitrogens with zero attached hydrogens (tertiary/aromatic N) is 4. The predicted molar refractivity (Wildman–Crippen MR) is 113 cm³/mol. The van der Waals surface area contributed by atoms with Crippen LogP contribution in [0.15, 0.2) is 17.4 Å². The number of aromatic nitrogens is 2. The Hall–Kier alpha value is -1.52. The summed E-state index contributed by atoms with van der Waals surface area (Å²) in [6, 6.07) is 0.201. The van der Waals surface area contributed by atoms with Gasteiger partial charge in [0.15, 0.2) is 5.96 Å². The first-order chi connectivity index (χ1) is 11.8. The van der Waals surface area contributed by atoms with Gasteiger partial charge in [0.25, 0.3) is 0 Å². The van der Waals surface area contributed by atoms with Crippen LogP contribution in [0, 0.1) is 6.92 Å². The molecule has 1 aliphatic heterocycles. The van der Waals surface area contributed by atoms with Crippen LogP contribution in [0.1, 0.15) is 32.8 Å². The topological polar surface area (TPSA) is 83.8 Å². The number of aliphatic imine (C=N–C) groups is 1. The van der Waals surface area contributed by atoms with Gasteiger partial charge in [0, 0.05) is 39.4 Å². The Morgan fingerprint density at radius 3 is 2.65 bits per heavy atom. The van der Waals surface area contributed by atoms with Crippen LogP contribution in [0.4, 0.5) is 4.79 Å². The highest BCUT2D eigenvalue weighted by molar-refractivity contribution is 14.0. The van der Waals surface area contributed by atoms with Gasteiger partial charge in [-0.15, -0.1) is 24.0 Å². The Balaban J connectivity index is 0.00000338. The molecule has 1 aromatic heterocycles. The minimum absolute atomic E-state index is 0. The lowest BCUT2D eigenvalue weighted by molar-refractivity contribution is 0.00701. The lowest BCUT2D eigenvalue weighted by atomic mass is 10.1. The lowest BCUT2D eigenvalue weighted by Gasteiger charge is -2.40. The molecule has 2 rings (SSSR count). The first kappa shape index (κ1) is 22.5. The molecule has 148 valence electrons. The third kappa shape index (κ3) is 7.38. The van der Waals surface area contributed by atoms with Gasteiger partial charge in [0.1, 0.15) is 5.60 Å². The molecule has 1 saturated heterocycles. The number of carbonyl (C=O) groups is 1. The summed E-state index contributed by atoms with van der Waals surface area (Å²) in [5, 5.41) is 10.9. The van der Waals surface area contributed by atoms with Crippen LogP contribution in [0.25, 0.3) is 0 Å². The standard InChI is InChI=1S/C17H30N6O2.HI/c1-13-9-20-23(10-13)8-6-7-19-15(18-5)21-14-11-22(12-14)16(24)25-17(2,3)4;/h9-10,14H,6-8,11-12H2,1-5H3,(H2,18,19,21);1H. The largest absolute Gasteiger partial charge is 0.444 e. The molecule has 8 nitrogen and oxygen atoms in total. The number of likely N-dealkylation sites (tertiary alicyclic amines) is 1. The van der Waals surface area contributed by atoms with Crippen molar-refractivity contribution < 1.29 is 9.53 Å². The third-order valence-electron chi connectivity index (χ3n) is 3.72. The molecule has 0 aliphatic carbocycles. The number of ether oxygens (including phenoxy) is 1. The molecule has 2 heterocycles. The van der Waals surface area contributed by atoms with E-state index in [1.165, 1.54) is 5.56 Å². The fourth-order valence-electron chi connectivity index (χ4n) is 2.47. The first-order valence-electron chi connectivity index (χ1n) is 8.71. The van der Waals surface area contributed by atoms with Gasteiger partial charge in [0.2, 0.25) is 0 Å². The van der Waals surface area contributed by atoms with Crippen molar-refractivity contribution in [2.24, 2.45) is 4.99 Å².